The van der Waals surface area contributed by atoms with Gasteiger partial charge in [-0.1, -0.05) is 13.0 Å². The molecular formula is C16H21NO5. The first-order chi connectivity index (χ1) is 10.5. The van der Waals surface area contributed by atoms with Crippen LogP contribution in [-0.2, 0) is 16.1 Å². The van der Waals surface area contributed by atoms with E-state index >= 15 is 0 Å². The third-order valence-electron chi connectivity index (χ3n) is 3.63. The Morgan fingerprint density at radius 2 is 2.18 bits per heavy atom. The Labute approximate surface area is 129 Å². The number of amides is 1. The summed E-state index contributed by atoms with van der Waals surface area (Å²) in [5, 5.41) is 9.01. The van der Waals surface area contributed by atoms with Gasteiger partial charge in [-0.15, -0.1) is 0 Å². The molecule has 1 aliphatic rings. The summed E-state index contributed by atoms with van der Waals surface area (Å²) in [6.45, 7) is 3.25. The van der Waals surface area contributed by atoms with Crippen LogP contribution in [0.1, 0.15) is 25.3 Å². The lowest BCUT2D eigenvalue weighted by molar-refractivity contribution is -0.141. The smallest absolute Gasteiger partial charge is 0.308 e. The van der Waals surface area contributed by atoms with Gasteiger partial charge in [0.25, 0.3) is 0 Å². The van der Waals surface area contributed by atoms with E-state index in [4.69, 9.17) is 14.6 Å². The number of carboxylic acid groups (broad SMARTS) is 1. The summed E-state index contributed by atoms with van der Waals surface area (Å²) < 4.78 is 10.9. The fraction of sp³-hybridized carbons (Fsp3) is 0.500. The van der Waals surface area contributed by atoms with Crippen LogP contribution in [0.2, 0.25) is 0 Å². The Hall–Kier alpha value is -2.24. The molecule has 1 amide bonds. The minimum Gasteiger partial charge on any atom is -0.493 e. The molecule has 0 radical (unpaired) electrons. The Morgan fingerprint density at radius 1 is 1.41 bits per heavy atom. The predicted octanol–water partition coefficient (Wildman–Crippen LogP) is 1.92. The molecule has 0 spiro atoms. The molecule has 1 N–H and O–H groups in total. The summed E-state index contributed by atoms with van der Waals surface area (Å²) in [6.07, 6.45) is 0.961. The van der Waals surface area contributed by atoms with E-state index < -0.39 is 11.9 Å². The quantitative estimate of drug-likeness (QED) is 0.833. The lowest BCUT2D eigenvalue weighted by atomic mass is 10.1. The van der Waals surface area contributed by atoms with E-state index in [0.717, 1.165) is 12.0 Å². The number of likely N-dealkylation sites (tertiary alicyclic amines) is 1. The van der Waals surface area contributed by atoms with Gasteiger partial charge in [0.15, 0.2) is 11.5 Å². The maximum absolute atomic E-state index is 11.9. The minimum absolute atomic E-state index is 0.0741. The van der Waals surface area contributed by atoms with Crippen molar-refractivity contribution in [1.29, 1.82) is 0 Å². The van der Waals surface area contributed by atoms with Gasteiger partial charge >= 0.3 is 5.97 Å². The summed E-state index contributed by atoms with van der Waals surface area (Å²) in [7, 11) is 1.58. The lowest BCUT2D eigenvalue weighted by Crippen LogP contribution is -2.25. The Morgan fingerprint density at radius 3 is 2.77 bits per heavy atom. The highest BCUT2D eigenvalue weighted by Crippen LogP contribution is 2.29. The highest BCUT2D eigenvalue weighted by molar-refractivity contribution is 5.86. The largest absolute Gasteiger partial charge is 0.493 e. The maximum Gasteiger partial charge on any atom is 0.308 e. The first-order valence-electron chi connectivity index (χ1n) is 7.35. The van der Waals surface area contributed by atoms with E-state index in [2.05, 4.69) is 0 Å². The van der Waals surface area contributed by atoms with Crippen LogP contribution in [0.3, 0.4) is 0 Å². The Kier molecular flexibility index (Phi) is 5.25. The van der Waals surface area contributed by atoms with Crippen molar-refractivity contribution in [3.63, 3.8) is 0 Å². The van der Waals surface area contributed by atoms with E-state index in [1.54, 1.807) is 18.1 Å². The fourth-order valence-electron chi connectivity index (χ4n) is 2.46. The van der Waals surface area contributed by atoms with Gasteiger partial charge in [0.05, 0.1) is 19.6 Å². The van der Waals surface area contributed by atoms with Crippen LogP contribution in [0.4, 0.5) is 0 Å². The molecule has 120 valence electrons. The summed E-state index contributed by atoms with van der Waals surface area (Å²) in [4.78, 5) is 24.4. The number of benzene rings is 1. The highest BCUT2D eigenvalue weighted by atomic mass is 16.5. The Bertz CT molecular complexity index is 557. The second kappa shape index (κ2) is 7.15. The van der Waals surface area contributed by atoms with Crippen molar-refractivity contribution in [3.8, 4) is 11.5 Å². The number of carboxylic acids is 1. The van der Waals surface area contributed by atoms with E-state index in [1.165, 1.54) is 0 Å². The van der Waals surface area contributed by atoms with Crippen LogP contribution in [-0.4, -0.2) is 42.1 Å². The van der Waals surface area contributed by atoms with Crippen LogP contribution >= 0.6 is 0 Å². The van der Waals surface area contributed by atoms with Crippen molar-refractivity contribution in [3.05, 3.63) is 23.8 Å². The normalized spacial score (nSPS) is 17.6. The highest BCUT2D eigenvalue weighted by Gasteiger charge is 2.34. The second-order valence-electron chi connectivity index (χ2n) is 5.35. The number of methoxy groups -OCH3 is 1. The van der Waals surface area contributed by atoms with E-state index in [1.807, 2.05) is 19.1 Å². The molecule has 0 aromatic heterocycles. The van der Waals surface area contributed by atoms with Gasteiger partial charge in [-0.3, -0.25) is 9.59 Å². The summed E-state index contributed by atoms with van der Waals surface area (Å²) in [5.74, 6) is -0.366. The third-order valence-corrected chi connectivity index (χ3v) is 3.63. The maximum atomic E-state index is 11.9. The fourth-order valence-corrected chi connectivity index (χ4v) is 2.46. The van der Waals surface area contributed by atoms with Crippen molar-refractivity contribution in [2.24, 2.45) is 5.92 Å². The van der Waals surface area contributed by atoms with Crippen molar-refractivity contribution in [2.45, 2.75) is 26.3 Å². The number of hydrogen-bond donors (Lipinski definition) is 1. The molecule has 1 aromatic carbocycles. The number of nitrogens with zero attached hydrogens (tertiary/aromatic N) is 1. The molecule has 1 heterocycles. The molecule has 1 aliphatic heterocycles. The van der Waals surface area contributed by atoms with Crippen LogP contribution in [0.5, 0.6) is 11.5 Å². The van der Waals surface area contributed by atoms with E-state index in [0.29, 0.717) is 24.7 Å². The van der Waals surface area contributed by atoms with Gasteiger partial charge in [-0.25, -0.2) is 0 Å². The summed E-state index contributed by atoms with van der Waals surface area (Å²) >= 11 is 0. The topological polar surface area (TPSA) is 76.1 Å². The molecular weight excluding hydrogens is 286 g/mol. The molecule has 0 bridgehead atoms. The number of carbonyl (C=O) groups is 2. The number of aliphatic carboxylic acids is 1. The minimum atomic E-state index is -0.919. The molecule has 1 atom stereocenters. The third kappa shape index (κ3) is 3.69. The van der Waals surface area contributed by atoms with Crippen molar-refractivity contribution >= 4 is 11.9 Å². The van der Waals surface area contributed by atoms with Crippen LogP contribution in [0.25, 0.3) is 0 Å². The average molecular weight is 307 g/mol. The van der Waals surface area contributed by atoms with Crippen LogP contribution < -0.4 is 9.47 Å². The monoisotopic (exact) mass is 307 g/mol. The molecule has 1 fully saturated rings. The van der Waals surface area contributed by atoms with E-state index in [9.17, 15) is 9.59 Å². The average Bonchev–Trinajstić information content (AvgIpc) is 2.87. The Balaban J connectivity index is 2.09. The van der Waals surface area contributed by atoms with Gasteiger partial charge in [-0.2, -0.15) is 0 Å². The van der Waals surface area contributed by atoms with Gasteiger partial charge in [-0.05, 0) is 24.1 Å². The van der Waals surface area contributed by atoms with Crippen molar-refractivity contribution in [1.82, 2.24) is 4.90 Å². The molecule has 1 unspecified atom stereocenters. The number of rotatable bonds is 7. The van der Waals surface area contributed by atoms with Crippen LogP contribution in [0, 0.1) is 5.92 Å². The van der Waals surface area contributed by atoms with Crippen molar-refractivity contribution in [2.75, 3.05) is 20.3 Å². The second-order valence-corrected chi connectivity index (χ2v) is 5.35. The van der Waals surface area contributed by atoms with Gasteiger partial charge in [0.1, 0.15) is 0 Å². The van der Waals surface area contributed by atoms with Crippen molar-refractivity contribution < 1.29 is 24.2 Å². The SMILES string of the molecule is CCCOc1cc(CN2CC(C(=O)O)CC2=O)ccc1OC. The first-order valence-corrected chi connectivity index (χ1v) is 7.35. The zero-order chi connectivity index (χ0) is 16.1. The van der Waals surface area contributed by atoms with Gasteiger partial charge in [0, 0.05) is 19.5 Å². The van der Waals surface area contributed by atoms with Gasteiger partial charge in [0.2, 0.25) is 5.91 Å². The lowest BCUT2D eigenvalue weighted by Gasteiger charge is -2.17. The molecule has 0 saturated carbocycles. The predicted molar refractivity (Wildman–Crippen MR) is 79.9 cm³/mol. The zero-order valence-electron chi connectivity index (χ0n) is 12.9. The van der Waals surface area contributed by atoms with Gasteiger partial charge < -0.3 is 19.5 Å². The van der Waals surface area contributed by atoms with E-state index in [-0.39, 0.29) is 18.9 Å². The first kappa shape index (κ1) is 16.1. The number of hydrogen-bond acceptors (Lipinski definition) is 4. The molecule has 6 nitrogen and oxygen atoms in total. The number of carbonyl (C=O) groups excluding carboxylic acids is 1. The summed E-state index contributed by atoms with van der Waals surface area (Å²) in [6, 6.07) is 5.50. The molecule has 0 aliphatic carbocycles. The summed E-state index contributed by atoms with van der Waals surface area (Å²) in [5.41, 5.74) is 0.895. The standard InChI is InChI=1S/C16H21NO5/c1-3-6-22-14-7-11(4-5-13(14)21-2)9-17-10-12(16(19)20)8-15(17)18/h4-5,7,12H,3,6,8-10H2,1-2H3,(H,19,20). The molecule has 2 rings (SSSR count). The van der Waals surface area contributed by atoms with Crippen LogP contribution in [0.15, 0.2) is 18.2 Å². The molecule has 1 saturated heterocycles. The number of ether oxygens (including phenoxy) is 2. The molecule has 6 heteroatoms. The molecule has 22 heavy (non-hydrogen) atoms. The molecule has 1 aromatic rings. The zero-order valence-corrected chi connectivity index (χ0v) is 12.9.